The number of hydrogen-bond donors (Lipinski definition) is 1. The molecule has 0 radical (unpaired) electrons. The Labute approximate surface area is 269 Å². The first-order valence-corrected chi connectivity index (χ1v) is 17.8. The van der Waals surface area contributed by atoms with Crippen molar-refractivity contribution in [3.63, 3.8) is 0 Å². The Morgan fingerprint density at radius 3 is 2.44 bits per heavy atom. The summed E-state index contributed by atoms with van der Waals surface area (Å²) in [6.07, 6.45) is 3.95. The van der Waals surface area contributed by atoms with Crippen LogP contribution in [0.3, 0.4) is 0 Å². The molecule has 1 N–H and O–H groups in total. The molecule has 14 nitrogen and oxygen atoms in total. The predicted octanol–water partition coefficient (Wildman–Crippen LogP) is 5.29. The Bertz CT molecular complexity index is 1490. The Balaban J connectivity index is 1.35. The van der Waals surface area contributed by atoms with Gasteiger partial charge in [0.2, 0.25) is 13.6 Å². The van der Waals surface area contributed by atoms with Crippen LogP contribution in [-0.2, 0) is 46.9 Å². The topological polar surface area (TPSA) is 169 Å². The third kappa shape index (κ3) is 7.94. The second-order valence-corrected chi connectivity index (χ2v) is 15.2. The number of nitrogens with one attached hydrogen (secondary N) is 1. The number of fused-ring (bicyclic) bond motifs is 2. The van der Waals surface area contributed by atoms with Crippen molar-refractivity contribution in [2.24, 2.45) is 0 Å². The van der Waals surface area contributed by atoms with Crippen molar-refractivity contribution in [3.05, 3.63) is 23.0 Å². The SMILES string of the molecule is CC(=O)OCOP(=O)(CSC[C@H]1O[C@@H](n2ccc3c(NC4CCCC4)c(C#N)c(Cl)nc32)[C@@H]2OC(C)(C)O[C@@H]21)OCOC(C)=O. The highest BCUT2D eigenvalue weighted by Crippen LogP contribution is 2.52. The van der Waals surface area contributed by atoms with Crippen LogP contribution in [0.15, 0.2) is 12.3 Å². The van der Waals surface area contributed by atoms with E-state index in [-0.39, 0.29) is 16.7 Å². The van der Waals surface area contributed by atoms with Gasteiger partial charge in [-0.3, -0.25) is 23.2 Å². The zero-order valence-corrected chi connectivity index (χ0v) is 27.8. The summed E-state index contributed by atoms with van der Waals surface area (Å²) < 4.78 is 54.2. The van der Waals surface area contributed by atoms with Crippen molar-refractivity contribution in [2.45, 2.75) is 89.7 Å². The van der Waals surface area contributed by atoms with Crippen molar-refractivity contribution in [1.82, 2.24) is 9.55 Å². The number of carbonyl (C=O) groups excluding carboxylic acids is 2. The van der Waals surface area contributed by atoms with Gasteiger partial charge in [0.1, 0.15) is 29.5 Å². The van der Waals surface area contributed by atoms with Crippen LogP contribution < -0.4 is 5.32 Å². The highest BCUT2D eigenvalue weighted by Gasteiger charge is 2.56. The summed E-state index contributed by atoms with van der Waals surface area (Å²) in [5, 5.41) is 14.3. The number of pyridine rings is 1. The van der Waals surface area contributed by atoms with E-state index in [1.54, 1.807) is 0 Å². The van der Waals surface area contributed by atoms with Crippen molar-refractivity contribution in [2.75, 3.05) is 30.1 Å². The van der Waals surface area contributed by atoms with Crippen molar-refractivity contribution < 1.29 is 46.9 Å². The van der Waals surface area contributed by atoms with Gasteiger partial charge in [-0.15, -0.1) is 11.8 Å². The maximum Gasteiger partial charge on any atom is 0.346 e. The fourth-order valence-corrected chi connectivity index (χ4v) is 8.79. The van der Waals surface area contributed by atoms with Gasteiger partial charge in [-0.1, -0.05) is 24.4 Å². The van der Waals surface area contributed by atoms with E-state index in [0.29, 0.717) is 22.7 Å². The highest BCUT2D eigenvalue weighted by atomic mass is 35.5. The van der Waals surface area contributed by atoms with Crippen LogP contribution in [0.25, 0.3) is 11.0 Å². The van der Waals surface area contributed by atoms with Crippen LogP contribution in [0, 0.1) is 11.3 Å². The molecule has 2 aromatic heterocycles. The van der Waals surface area contributed by atoms with Crippen LogP contribution in [-0.4, -0.2) is 76.5 Å². The van der Waals surface area contributed by atoms with E-state index in [0.717, 1.165) is 31.1 Å². The molecule has 45 heavy (non-hydrogen) atoms. The number of carbonyl (C=O) groups is 2. The summed E-state index contributed by atoms with van der Waals surface area (Å²) in [6.45, 7) is 4.82. The molecule has 0 unspecified atom stereocenters. The van der Waals surface area contributed by atoms with Gasteiger partial charge in [0.05, 0.1) is 17.3 Å². The second kappa shape index (κ2) is 14.1. The number of halogens is 1. The smallest absolute Gasteiger partial charge is 0.346 e. The summed E-state index contributed by atoms with van der Waals surface area (Å²) in [5.74, 6) is -1.84. The molecular formula is C28H36ClN4O10PS. The van der Waals surface area contributed by atoms with Gasteiger partial charge in [0.25, 0.3) is 0 Å². The summed E-state index contributed by atoms with van der Waals surface area (Å²) >= 11 is 7.75. The maximum atomic E-state index is 13.3. The van der Waals surface area contributed by atoms with Gasteiger partial charge in [0.15, 0.2) is 17.2 Å². The Morgan fingerprint density at radius 1 is 1.18 bits per heavy atom. The minimum atomic E-state index is -3.85. The van der Waals surface area contributed by atoms with E-state index in [1.165, 1.54) is 25.6 Å². The molecule has 17 heteroatoms. The molecule has 5 rings (SSSR count). The first-order chi connectivity index (χ1) is 21.4. The number of esters is 2. The lowest BCUT2D eigenvalue weighted by atomic mass is 10.1. The molecular weight excluding hydrogens is 651 g/mol. The number of aromatic nitrogens is 2. The third-order valence-electron chi connectivity index (χ3n) is 7.59. The van der Waals surface area contributed by atoms with Crippen molar-refractivity contribution >= 4 is 59.6 Å². The molecule has 246 valence electrons. The van der Waals surface area contributed by atoms with Gasteiger partial charge >= 0.3 is 19.5 Å². The van der Waals surface area contributed by atoms with Crippen LogP contribution in [0.1, 0.15) is 65.2 Å². The van der Waals surface area contributed by atoms with Gasteiger partial charge in [0, 0.05) is 37.2 Å². The van der Waals surface area contributed by atoms with E-state index in [1.807, 2.05) is 30.7 Å². The number of nitrogens with zero attached hydrogens (tertiary/aromatic N) is 3. The second-order valence-electron chi connectivity index (χ2n) is 11.4. The lowest BCUT2D eigenvalue weighted by Gasteiger charge is -2.25. The number of thioether (sulfide) groups is 1. The van der Waals surface area contributed by atoms with Gasteiger partial charge in [-0.2, -0.15) is 5.26 Å². The molecule has 2 saturated heterocycles. The summed E-state index contributed by atoms with van der Waals surface area (Å²) in [5.41, 5.74) is 1.33. The summed E-state index contributed by atoms with van der Waals surface area (Å²) in [6, 6.07) is 4.33. The molecule has 0 bridgehead atoms. The molecule has 0 aromatic carbocycles. The van der Waals surface area contributed by atoms with Crippen molar-refractivity contribution in [3.8, 4) is 6.07 Å². The number of anilines is 1. The quantitative estimate of drug-likeness (QED) is 0.125. The van der Waals surface area contributed by atoms with E-state index in [4.69, 9.17) is 44.3 Å². The van der Waals surface area contributed by atoms with Crippen LogP contribution in [0.5, 0.6) is 0 Å². The standard InChI is InChI=1S/C28H36ClN4O10PS/c1-16(34)37-13-39-44(36,40-14-38-17(2)35)15-45-12-21-23-24(43-28(3,4)42-23)27(41-21)33-10-9-19-22(31-18-7-5-6-8-18)20(11-30)25(29)32-26(19)33/h9-10,18,21,23-24,27H,5-8,12-15H2,1-4H3,(H,31,32)/t21-,23-,24-,27-/m1/s1. The van der Waals surface area contributed by atoms with Gasteiger partial charge < -0.3 is 33.6 Å². The van der Waals surface area contributed by atoms with Crippen LogP contribution >= 0.6 is 31.0 Å². The highest BCUT2D eigenvalue weighted by molar-refractivity contribution is 8.04. The molecule has 4 heterocycles. The molecule has 2 aliphatic heterocycles. The molecule has 3 aliphatic rings. The normalized spacial score (nSPS) is 24.4. The average molecular weight is 687 g/mol. The Morgan fingerprint density at radius 2 is 1.82 bits per heavy atom. The molecule has 0 spiro atoms. The molecule has 0 amide bonds. The molecule has 4 atom stereocenters. The lowest BCUT2D eigenvalue weighted by molar-refractivity contribution is -0.193. The monoisotopic (exact) mass is 686 g/mol. The third-order valence-corrected chi connectivity index (χ3v) is 11.4. The maximum absolute atomic E-state index is 13.3. The minimum Gasteiger partial charge on any atom is -0.438 e. The zero-order valence-electron chi connectivity index (χ0n) is 25.4. The molecule has 1 saturated carbocycles. The van der Waals surface area contributed by atoms with E-state index >= 15 is 0 Å². The van der Waals surface area contributed by atoms with E-state index < -0.39 is 63.4 Å². The fraction of sp³-hybridized carbons (Fsp3) is 0.643. The first-order valence-electron chi connectivity index (χ1n) is 14.5. The molecule has 2 aromatic rings. The molecule has 3 fully saturated rings. The number of rotatable bonds is 13. The number of hydrogen-bond acceptors (Lipinski definition) is 14. The average Bonchev–Trinajstić information content (AvgIpc) is 3.73. The molecule has 1 aliphatic carbocycles. The summed E-state index contributed by atoms with van der Waals surface area (Å²) in [4.78, 5) is 26.9. The lowest BCUT2D eigenvalue weighted by Crippen LogP contribution is -2.31. The van der Waals surface area contributed by atoms with Crippen LogP contribution in [0.2, 0.25) is 5.15 Å². The predicted molar refractivity (Wildman–Crippen MR) is 163 cm³/mol. The van der Waals surface area contributed by atoms with E-state index in [2.05, 4.69) is 16.4 Å². The first kappa shape index (κ1) is 33.9. The number of nitriles is 1. The summed E-state index contributed by atoms with van der Waals surface area (Å²) in [7, 11) is -3.85. The zero-order chi connectivity index (χ0) is 32.4. The fourth-order valence-electron chi connectivity index (χ4n) is 5.66. The largest absolute Gasteiger partial charge is 0.438 e. The minimum absolute atomic E-state index is 0.0919. The van der Waals surface area contributed by atoms with E-state index in [9.17, 15) is 19.4 Å². The number of ether oxygens (including phenoxy) is 5. The van der Waals surface area contributed by atoms with Gasteiger partial charge in [-0.25, -0.2) is 4.98 Å². The van der Waals surface area contributed by atoms with Crippen LogP contribution in [0.4, 0.5) is 5.69 Å². The van der Waals surface area contributed by atoms with Gasteiger partial charge in [-0.05, 0) is 32.8 Å². The Hall–Kier alpha value is -2.41. The Kier molecular flexibility index (Phi) is 10.7. The van der Waals surface area contributed by atoms with Crippen molar-refractivity contribution in [1.29, 1.82) is 5.26 Å².